The summed E-state index contributed by atoms with van der Waals surface area (Å²) in [6.07, 6.45) is 7.78. The molecule has 2 aromatic carbocycles. The van der Waals surface area contributed by atoms with Crippen LogP contribution in [0.3, 0.4) is 0 Å². The van der Waals surface area contributed by atoms with Crippen LogP contribution >= 0.6 is 0 Å². The number of methoxy groups -OCH3 is 1. The fourth-order valence-electron chi connectivity index (χ4n) is 5.82. The van der Waals surface area contributed by atoms with Gasteiger partial charge in [0.2, 0.25) is 5.88 Å². The molecule has 216 valence electrons. The zero-order chi connectivity index (χ0) is 27.6. The number of aromatic amines is 1. The number of piperidine rings is 1. The van der Waals surface area contributed by atoms with E-state index in [1.165, 1.54) is 38.8 Å². The van der Waals surface area contributed by atoms with Gasteiger partial charge in [0.1, 0.15) is 5.75 Å². The van der Waals surface area contributed by atoms with Crippen molar-refractivity contribution in [1.29, 1.82) is 0 Å². The van der Waals surface area contributed by atoms with Gasteiger partial charge in [0.25, 0.3) is 0 Å². The second-order valence-electron chi connectivity index (χ2n) is 11.0. The first-order chi connectivity index (χ1) is 19.7. The van der Waals surface area contributed by atoms with Crippen LogP contribution in [0.5, 0.6) is 11.6 Å². The Bertz CT molecular complexity index is 1210. The van der Waals surface area contributed by atoms with Crippen LogP contribution in [0.1, 0.15) is 44.9 Å². The minimum atomic E-state index is -0.400. The van der Waals surface area contributed by atoms with Gasteiger partial charge < -0.3 is 34.3 Å². The normalized spacial score (nSPS) is 17.5. The molecule has 0 saturated carbocycles. The molecule has 0 radical (unpaired) electrons. The van der Waals surface area contributed by atoms with Crippen LogP contribution in [-0.4, -0.2) is 86.5 Å². The van der Waals surface area contributed by atoms with Crippen molar-refractivity contribution in [3.05, 3.63) is 48.5 Å². The van der Waals surface area contributed by atoms with E-state index in [9.17, 15) is 4.79 Å². The summed E-state index contributed by atoms with van der Waals surface area (Å²) >= 11 is 0. The number of benzene rings is 2. The first kappa shape index (κ1) is 28.5. The fourth-order valence-corrected chi connectivity index (χ4v) is 5.82. The second-order valence-corrected chi connectivity index (χ2v) is 11.0. The summed E-state index contributed by atoms with van der Waals surface area (Å²) in [5.41, 5.74) is 3.02. The number of nitrogens with zero attached hydrogens (tertiary/aromatic N) is 2. The molecule has 3 aromatic rings. The molecule has 2 N–H and O–H groups in total. The molecule has 0 bridgehead atoms. The van der Waals surface area contributed by atoms with Crippen LogP contribution in [0.2, 0.25) is 0 Å². The van der Waals surface area contributed by atoms with Crippen LogP contribution in [0.15, 0.2) is 48.5 Å². The molecule has 2 fully saturated rings. The van der Waals surface area contributed by atoms with Gasteiger partial charge in [-0.2, -0.15) is 0 Å². The Kier molecular flexibility index (Phi) is 10.3. The monoisotopic (exact) mass is 548 g/mol. The smallest absolute Gasteiger partial charge is 0.414 e. The average Bonchev–Trinajstić information content (AvgIpc) is 3.20. The summed E-state index contributed by atoms with van der Waals surface area (Å²) in [6, 6.07) is 16.2. The molecule has 2 saturated heterocycles. The maximum Gasteiger partial charge on any atom is 0.414 e. The second kappa shape index (κ2) is 14.5. The zero-order valence-electron chi connectivity index (χ0n) is 23.8. The van der Waals surface area contributed by atoms with Crippen molar-refractivity contribution in [1.82, 2.24) is 20.1 Å². The Balaban J connectivity index is 1.12. The Hall–Kier alpha value is -3.07. The van der Waals surface area contributed by atoms with Crippen molar-refractivity contribution in [2.75, 3.05) is 59.6 Å². The van der Waals surface area contributed by atoms with Crippen molar-refractivity contribution >= 4 is 17.0 Å². The summed E-state index contributed by atoms with van der Waals surface area (Å²) in [7, 11) is 1.70. The number of H-pyrrole nitrogens is 1. The largest absolute Gasteiger partial charge is 0.493 e. The van der Waals surface area contributed by atoms with Crippen LogP contribution in [0, 0.1) is 0 Å². The van der Waals surface area contributed by atoms with E-state index in [2.05, 4.69) is 32.2 Å². The fraction of sp³-hybridized carbons (Fsp3) is 0.531. The molecule has 5 rings (SSSR count). The zero-order valence-corrected chi connectivity index (χ0v) is 23.8. The van der Waals surface area contributed by atoms with Crippen molar-refractivity contribution in [2.45, 2.75) is 51.0 Å². The van der Waals surface area contributed by atoms with E-state index in [-0.39, 0.29) is 6.04 Å². The molecular weight excluding hydrogens is 504 g/mol. The van der Waals surface area contributed by atoms with E-state index in [1.807, 2.05) is 36.4 Å². The number of ether oxygens (including phenoxy) is 3. The molecule has 3 heterocycles. The molecule has 0 unspecified atom stereocenters. The Morgan fingerprint density at radius 1 is 0.925 bits per heavy atom. The quantitative estimate of drug-likeness (QED) is 0.300. The van der Waals surface area contributed by atoms with E-state index < -0.39 is 6.09 Å². The molecule has 1 amide bonds. The topological polar surface area (TPSA) is 79.1 Å². The predicted octanol–water partition coefficient (Wildman–Crippen LogP) is 5.68. The van der Waals surface area contributed by atoms with Crippen molar-refractivity contribution in [3.63, 3.8) is 0 Å². The highest BCUT2D eigenvalue weighted by molar-refractivity contribution is 5.96. The number of nitrogens with one attached hydrogen (secondary N) is 2. The van der Waals surface area contributed by atoms with E-state index in [4.69, 9.17) is 14.2 Å². The van der Waals surface area contributed by atoms with E-state index in [0.717, 1.165) is 73.2 Å². The number of hydrogen-bond donors (Lipinski definition) is 2. The van der Waals surface area contributed by atoms with Crippen LogP contribution in [-0.2, 0) is 4.74 Å². The SMILES string of the molecule is COCCCOc1cccc(-c2cccc3[nH]c(OC(=O)NC4CCN(CCN5CCCCCC5)CC4)cc23)c1. The third-order valence-corrected chi connectivity index (χ3v) is 8.09. The van der Waals surface area contributed by atoms with Crippen LogP contribution in [0.25, 0.3) is 22.0 Å². The third kappa shape index (κ3) is 7.99. The van der Waals surface area contributed by atoms with Gasteiger partial charge in [-0.05, 0) is 68.1 Å². The molecule has 8 nitrogen and oxygen atoms in total. The van der Waals surface area contributed by atoms with Crippen molar-refractivity contribution in [3.8, 4) is 22.8 Å². The molecule has 0 spiro atoms. The Morgan fingerprint density at radius 3 is 2.45 bits per heavy atom. The molecule has 0 aliphatic carbocycles. The molecule has 40 heavy (non-hydrogen) atoms. The molecule has 2 aliphatic rings. The van der Waals surface area contributed by atoms with Crippen LogP contribution in [0.4, 0.5) is 4.79 Å². The number of likely N-dealkylation sites (tertiary alicyclic amines) is 2. The highest BCUT2D eigenvalue weighted by Gasteiger charge is 2.22. The summed E-state index contributed by atoms with van der Waals surface area (Å²) < 4.78 is 16.7. The Morgan fingerprint density at radius 2 is 1.68 bits per heavy atom. The molecule has 8 heteroatoms. The standard InChI is InChI=1S/C32H44N4O4/c1-38-21-8-22-39-27-10-6-9-25(23-27)28-11-7-12-30-29(28)24-31(34-30)40-32(37)33-26-13-17-36(18-14-26)20-19-35-15-4-2-3-5-16-35/h6-7,9-12,23-24,26,34H,2-5,8,13-22H2,1H3,(H,33,37). The van der Waals surface area contributed by atoms with E-state index in [1.54, 1.807) is 7.11 Å². The minimum absolute atomic E-state index is 0.147. The van der Waals surface area contributed by atoms with E-state index >= 15 is 0 Å². The minimum Gasteiger partial charge on any atom is -0.493 e. The molecule has 2 aliphatic heterocycles. The average molecular weight is 549 g/mol. The maximum atomic E-state index is 12.8. The van der Waals surface area contributed by atoms with Crippen molar-refractivity contribution in [2.24, 2.45) is 0 Å². The maximum absolute atomic E-state index is 12.8. The summed E-state index contributed by atoms with van der Waals surface area (Å²) in [4.78, 5) is 21.2. The van der Waals surface area contributed by atoms with Gasteiger partial charge in [-0.1, -0.05) is 37.1 Å². The van der Waals surface area contributed by atoms with Gasteiger partial charge >= 0.3 is 6.09 Å². The van der Waals surface area contributed by atoms with E-state index in [0.29, 0.717) is 19.1 Å². The first-order valence-electron chi connectivity index (χ1n) is 14.9. The lowest BCUT2D eigenvalue weighted by Gasteiger charge is -2.33. The molecular formula is C32H44N4O4. The van der Waals surface area contributed by atoms with Gasteiger partial charge in [-0.15, -0.1) is 0 Å². The first-order valence-corrected chi connectivity index (χ1v) is 14.9. The number of hydrogen-bond acceptors (Lipinski definition) is 6. The number of amides is 1. The molecule has 1 aromatic heterocycles. The highest BCUT2D eigenvalue weighted by atomic mass is 16.6. The van der Waals surface area contributed by atoms with Crippen LogP contribution < -0.4 is 14.8 Å². The van der Waals surface area contributed by atoms with Gasteiger partial charge in [0.05, 0.1) is 6.61 Å². The number of aromatic nitrogens is 1. The summed E-state index contributed by atoms with van der Waals surface area (Å²) in [6.45, 7) is 8.09. The number of fused-ring (bicyclic) bond motifs is 1. The molecule has 0 atom stereocenters. The number of rotatable bonds is 11. The predicted molar refractivity (Wildman–Crippen MR) is 159 cm³/mol. The lowest BCUT2D eigenvalue weighted by atomic mass is 10.0. The van der Waals surface area contributed by atoms with Gasteiger partial charge in [-0.3, -0.25) is 0 Å². The Labute approximate surface area is 238 Å². The van der Waals surface area contributed by atoms with Gasteiger partial charge in [0, 0.05) is 69.3 Å². The summed E-state index contributed by atoms with van der Waals surface area (Å²) in [5.74, 6) is 1.27. The lowest BCUT2D eigenvalue weighted by Crippen LogP contribution is -2.47. The number of carbonyl (C=O) groups is 1. The van der Waals surface area contributed by atoms with Gasteiger partial charge in [-0.25, -0.2) is 4.79 Å². The lowest BCUT2D eigenvalue weighted by molar-refractivity contribution is 0.157. The number of carbonyl (C=O) groups excluding carboxylic acids is 1. The third-order valence-electron chi connectivity index (χ3n) is 8.09. The van der Waals surface area contributed by atoms with Gasteiger partial charge in [0.15, 0.2) is 0 Å². The summed E-state index contributed by atoms with van der Waals surface area (Å²) in [5, 5.41) is 4.08. The highest BCUT2D eigenvalue weighted by Crippen LogP contribution is 2.33. The van der Waals surface area contributed by atoms with Crippen molar-refractivity contribution < 1.29 is 19.0 Å².